The summed E-state index contributed by atoms with van der Waals surface area (Å²) in [4.78, 5) is 15.5. The Labute approximate surface area is 210 Å². The smallest absolute Gasteiger partial charge is 0.251 e. The summed E-state index contributed by atoms with van der Waals surface area (Å²) in [6, 6.07) is 17.3. The average Bonchev–Trinajstić information content (AvgIpc) is 2.87. The minimum Gasteiger partial charge on any atom is -0.493 e. The number of rotatable bonds is 8. The first kappa shape index (κ1) is 25.0. The van der Waals surface area contributed by atoms with Crippen LogP contribution in [-0.2, 0) is 13.0 Å². The minimum absolute atomic E-state index is 0.114. The zero-order valence-electron chi connectivity index (χ0n) is 20.2. The van der Waals surface area contributed by atoms with E-state index in [0.717, 1.165) is 24.1 Å². The molecule has 5 nitrogen and oxygen atoms in total. The Morgan fingerprint density at radius 3 is 2.49 bits per heavy atom. The number of ether oxygens (including phenoxy) is 2. The fourth-order valence-corrected chi connectivity index (χ4v) is 4.98. The van der Waals surface area contributed by atoms with Gasteiger partial charge in [-0.05, 0) is 72.0 Å². The molecule has 4 rings (SSSR count). The Bertz CT molecular complexity index is 1190. The molecule has 0 spiro atoms. The van der Waals surface area contributed by atoms with Crippen LogP contribution in [0, 0.1) is 5.82 Å². The molecule has 3 aromatic rings. The predicted octanol–water partition coefficient (Wildman–Crippen LogP) is 5.80. The maximum Gasteiger partial charge on any atom is 0.251 e. The molecule has 2 atom stereocenters. The maximum atomic E-state index is 13.5. The van der Waals surface area contributed by atoms with Crippen molar-refractivity contribution in [3.8, 4) is 11.5 Å². The summed E-state index contributed by atoms with van der Waals surface area (Å²) >= 11 is 6.12. The maximum absolute atomic E-state index is 13.5. The number of benzene rings is 3. The van der Waals surface area contributed by atoms with Crippen molar-refractivity contribution in [1.29, 1.82) is 0 Å². The summed E-state index contributed by atoms with van der Waals surface area (Å²) in [6.07, 6.45) is 1.54. The van der Waals surface area contributed by atoms with E-state index in [4.69, 9.17) is 21.1 Å². The molecule has 1 aliphatic heterocycles. The third-order valence-corrected chi connectivity index (χ3v) is 6.78. The molecular formula is C28H30ClFN2O3. The molecule has 1 heterocycles. The van der Waals surface area contributed by atoms with Crippen molar-refractivity contribution >= 4 is 17.5 Å². The molecule has 0 fully saturated rings. The number of hydrogen-bond acceptors (Lipinski definition) is 4. The Balaban J connectivity index is 1.72. The zero-order chi connectivity index (χ0) is 24.9. The van der Waals surface area contributed by atoms with Crippen LogP contribution in [0.3, 0.4) is 0 Å². The molecule has 0 bridgehead atoms. The van der Waals surface area contributed by atoms with Crippen LogP contribution in [0.15, 0.2) is 60.7 Å². The molecule has 3 aromatic carbocycles. The summed E-state index contributed by atoms with van der Waals surface area (Å²) in [6.45, 7) is 3.48. The lowest BCUT2D eigenvalue weighted by molar-refractivity contribution is 0.0859. The molecule has 1 N–H and O–H groups in total. The molecule has 0 aliphatic carbocycles. The molecule has 184 valence electrons. The van der Waals surface area contributed by atoms with Gasteiger partial charge in [-0.25, -0.2) is 4.39 Å². The number of halogens is 2. The van der Waals surface area contributed by atoms with Crippen LogP contribution >= 0.6 is 11.6 Å². The Morgan fingerprint density at radius 2 is 1.83 bits per heavy atom. The number of amides is 1. The topological polar surface area (TPSA) is 50.8 Å². The predicted molar refractivity (Wildman–Crippen MR) is 136 cm³/mol. The van der Waals surface area contributed by atoms with Gasteiger partial charge in [0.1, 0.15) is 5.82 Å². The number of nitrogens with zero attached hydrogens (tertiary/aromatic N) is 1. The van der Waals surface area contributed by atoms with Crippen molar-refractivity contribution in [3.05, 3.63) is 93.8 Å². The van der Waals surface area contributed by atoms with E-state index in [9.17, 15) is 9.18 Å². The highest BCUT2D eigenvalue weighted by molar-refractivity contribution is 6.30. The first-order chi connectivity index (χ1) is 16.9. The Kier molecular flexibility index (Phi) is 7.93. The molecule has 35 heavy (non-hydrogen) atoms. The number of fused-ring (bicyclic) bond motifs is 1. The van der Waals surface area contributed by atoms with Crippen LogP contribution in [0.1, 0.15) is 46.4 Å². The standard InChI is InChI=1S/C28H30ClFN2O3/c1-4-24(31-28(33)20-6-5-7-21(29)14-20)27-23-16-26(35-3)25(34-2)15-19(23)12-13-32(27)17-18-8-10-22(30)11-9-18/h5-11,14-16,24,27H,4,12-13,17H2,1-3H3,(H,31,33). The van der Waals surface area contributed by atoms with Gasteiger partial charge in [0.05, 0.1) is 20.3 Å². The summed E-state index contributed by atoms with van der Waals surface area (Å²) in [5.74, 6) is 0.906. The fourth-order valence-electron chi connectivity index (χ4n) is 4.79. The third kappa shape index (κ3) is 5.60. The van der Waals surface area contributed by atoms with E-state index in [2.05, 4.69) is 17.1 Å². The monoisotopic (exact) mass is 496 g/mol. The van der Waals surface area contributed by atoms with Gasteiger partial charge in [0.2, 0.25) is 0 Å². The molecule has 0 aromatic heterocycles. The lowest BCUT2D eigenvalue weighted by Crippen LogP contribution is -2.48. The van der Waals surface area contributed by atoms with E-state index in [1.165, 1.54) is 17.7 Å². The van der Waals surface area contributed by atoms with Crippen LogP contribution in [0.25, 0.3) is 0 Å². The van der Waals surface area contributed by atoms with Crippen LogP contribution in [-0.4, -0.2) is 37.6 Å². The highest BCUT2D eigenvalue weighted by Gasteiger charge is 2.35. The van der Waals surface area contributed by atoms with Gasteiger partial charge in [-0.2, -0.15) is 0 Å². The van der Waals surface area contributed by atoms with Gasteiger partial charge in [-0.3, -0.25) is 9.69 Å². The lowest BCUT2D eigenvalue weighted by Gasteiger charge is -2.42. The number of nitrogens with one attached hydrogen (secondary N) is 1. The first-order valence-corrected chi connectivity index (χ1v) is 12.1. The van der Waals surface area contributed by atoms with E-state index < -0.39 is 0 Å². The van der Waals surface area contributed by atoms with Gasteiger partial charge in [0, 0.05) is 29.7 Å². The van der Waals surface area contributed by atoms with E-state index in [1.54, 1.807) is 38.5 Å². The number of methoxy groups -OCH3 is 2. The number of hydrogen-bond donors (Lipinski definition) is 1. The fraction of sp³-hybridized carbons (Fsp3) is 0.321. The van der Waals surface area contributed by atoms with Crippen molar-refractivity contribution in [3.63, 3.8) is 0 Å². The van der Waals surface area contributed by atoms with Gasteiger partial charge in [0.25, 0.3) is 5.91 Å². The van der Waals surface area contributed by atoms with Gasteiger partial charge >= 0.3 is 0 Å². The van der Waals surface area contributed by atoms with Gasteiger partial charge in [0.15, 0.2) is 11.5 Å². The molecule has 0 saturated heterocycles. The second-order valence-corrected chi connectivity index (χ2v) is 9.13. The van der Waals surface area contributed by atoms with E-state index in [-0.39, 0.29) is 23.8 Å². The Hall–Kier alpha value is -3.09. The molecule has 2 unspecified atom stereocenters. The van der Waals surface area contributed by atoms with Crippen LogP contribution in [0.2, 0.25) is 5.02 Å². The van der Waals surface area contributed by atoms with Crippen molar-refractivity contribution in [2.75, 3.05) is 20.8 Å². The van der Waals surface area contributed by atoms with Crippen molar-refractivity contribution < 1.29 is 18.7 Å². The molecule has 0 saturated carbocycles. The summed E-state index contributed by atoms with van der Waals surface area (Å²) in [5, 5.41) is 3.76. The largest absolute Gasteiger partial charge is 0.493 e. The van der Waals surface area contributed by atoms with Crippen molar-refractivity contribution in [2.45, 2.75) is 38.4 Å². The normalized spacial score (nSPS) is 16.3. The quantitative estimate of drug-likeness (QED) is 0.428. The van der Waals surface area contributed by atoms with Crippen molar-refractivity contribution in [2.24, 2.45) is 0 Å². The minimum atomic E-state index is -0.258. The first-order valence-electron chi connectivity index (χ1n) is 11.7. The van der Waals surface area contributed by atoms with Crippen LogP contribution < -0.4 is 14.8 Å². The van der Waals surface area contributed by atoms with Gasteiger partial charge in [-0.1, -0.05) is 36.7 Å². The highest BCUT2D eigenvalue weighted by Crippen LogP contribution is 2.40. The summed E-state index contributed by atoms with van der Waals surface area (Å²) in [7, 11) is 3.25. The van der Waals surface area contributed by atoms with E-state index in [1.807, 2.05) is 24.3 Å². The average molecular weight is 497 g/mol. The molecule has 7 heteroatoms. The summed E-state index contributed by atoms with van der Waals surface area (Å²) < 4.78 is 24.7. The van der Waals surface area contributed by atoms with Crippen LogP contribution in [0.4, 0.5) is 4.39 Å². The van der Waals surface area contributed by atoms with Crippen LogP contribution in [0.5, 0.6) is 11.5 Å². The third-order valence-electron chi connectivity index (χ3n) is 6.55. The number of carbonyl (C=O) groups is 1. The molecule has 1 amide bonds. The second kappa shape index (κ2) is 11.1. The van der Waals surface area contributed by atoms with Gasteiger partial charge in [-0.15, -0.1) is 0 Å². The summed E-state index contributed by atoms with van der Waals surface area (Å²) in [5.41, 5.74) is 3.79. The number of carbonyl (C=O) groups excluding carboxylic acids is 1. The Morgan fingerprint density at radius 1 is 1.11 bits per heavy atom. The molecular weight excluding hydrogens is 467 g/mol. The van der Waals surface area contributed by atoms with E-state index >= 15 is 0 Å². The van der Waals surface area contributed by atoms with Crippen molar-refractivity contribution in [1.82, 2.24) is 10.2 Å². The lowest BCUT2D eigenvalue weighted by atomic mass is 9.86. The molecule has 0 radical (unpaired) electrons. The molecule has 1 aliphatic rings. The SMILES string of the molecule is CCC(NC(=O)c1cccc(Cl)c1)C1c2cc(OC)c(OC)cc2CCN1Cc1ccc(F)cc1. The highest BCUT2D eigenvalue weighted by atomic mass is 35.5. The van der Waals surface area contributed by atoms with Gasteiger partial charge < -0.3 is 14.8 Å². The second-order valence-electron chi connectivity index (χ2n) is 8.70. The zero-order valence-corrected chi connectivity index (χ0v) is 20.9. The van der Waals surface area contributed by atoms with E-state index in [0.29, 0.717) is 35.1 Å².